The third kappa shape index (κ3) is 4.75. The first-order chi connectivity index (χ1) is 8.15. The van der Waals surface area contributed by atoms with Crippen LogP contribution < -0.4 is 11.1 Å². The molecule has 1 aromatic rings. The maximum absolute atomic E-state index is 5.99. The van der Waals surface area contributed by atoms with E-state index in [1.807, 2.05) is 6.07 Å². The van der Waals surface area contributed by atoms with Crippen LogP contribution in [0.5, 0.6) is 0 Å². The van der Waals surface area contributed by atoms with E-state index in [0.717, 1.165) is 18.0 Å². The van der Waals surface area contributed by atoms with Crippen LogP contribution in [0.15, 0.2) is 11.1 Å². The molecule has 102 valence electrons. The SMILES string of the molecule is I.NC(=NCc1cc(Cl)sc1Cl)NCC1CCC1. The largest absolute Gasteiger partial charge is 0.370 e. The van der Waals surface area contributed by atoms with Crippen molar-refractivity contribution < 1.29 is 0 Å². The number of hydrogen-bond donors (Lipinski definition) is 2. The van der Waals surface area contributed by atoms with Gasteiger partial charge in [-0.15, -0.1) is 35.3 Å². The molecule has 18 heavy (non-hydrogen) atoms. The third-order valence-electron chi connectivity index (χ3n) is 2.94. The van der Waals surface area contributed by atoms with Crippen molar-refractivity contribution >= 4 is 64.5 Å². The zero-order valence-corrected chi connectivity index (χ0v) is 14.4. The van der Waals surface area contributed by atoms with Crippen molar-refractivity contribution in [3.63, 3.8) is 0 Å². The van der Waals surface area contributed by atoms with Crippen molar-refractivity contribution in [1.82, 2.24) is 5.32 Å². The Morgan fingerprint density at radius 3 is 2.72 bits per heavy atom. The maximum Gasteiger partial charge on any atom is 0.188 e. The highest BCUT2D eigenvalue weighted by molar-refractivity contribution is 14.0. The summed E-state index contributed by atoms with van der Waals surface area (Å²) in [6.45, 7) is 1.40. The molecule has 2 rings (SSSR count). The lowest BCUT2D eigenvalue weighted by atomic mass is 9.85. The van der Waals surface area contributed by atoms with E-state index in [1.54, 1.807) is 0 Å². The first-order valence-electron chi connectivity index (χ1n) is 5.62. The smallest absolute Gasteiger partial charge is 0.188 e. The van der Waals surface area contributed by atoms with Gasteiger partial charge in [0, 0.05) is 12.1 Å². The Hall–Kier alpha value is 0.280. The van der Waals surface area contributed by atoms with Crippen LogP contribution in [0.25, 0.3) is 0 Å². The van der Waals surface area contributed by atoms with Gasteiger partial charge in [-0.25, -0.2) is 4.99 Å². The summed E-state index contributed by atoms with van der Waals surface area (Å²) < 4.78 is 1.37. The molecule has 0 unspecified atom stereocenters. The summed E-state index contributed by atoms with van der Waals surface area (Å²) in [5.41, 5.74) is 6.70. The van der Waals surface area contributed by atoms with Crippen LogP contribution in [0.4, 0.5) is 0 Å². The molecule has 3 nitrogen and oxygen atoms in total. The summed E-state index contributed by atoms with van der Waals surface area (Å²) in [5.74, 6) is 1.25. The van der Waals surface area contributed by atoms with Gasteiger partial charge in [-0.1, -0.05) is 29.6 Å². The van der Waals surface area contributed by atoms with E-state index >= 15 is 0 Å². The van der Waals surface area contributed by atoms with Gasteiger partial charge in [-0.2, -0.15) is 0 Å². The molecule has 1 aliphatic rings. The molecule has 0 aromatic carbocycles. The summed E-state index contributed by atoms with van der Waals surface area (Å²) in [6, 6.07) is 1.83. The molecule has 1 aromatic heterocycles. The molecule has 3 N–H and O–H groups in total. The van der Waals surface area contributed by atoms with E-state index in [0.29, 0.717) is 21.2 Å². The van der Waals surface area contributed by atoms with Crippen molar-refractivity contribution in [3.05, 3.63) is 20.3 Å². The molecule has 0 spiro atoms. The van der Waals surface area contributed by atoms with Crippen LogP contribution in [0.3, 0.4) is 0 Å². The van der Waals surface area contributed by atoms with E-state index in [-0.39, 0.29) is 24.0 Å². The van der Waals surface area contributed by atoms with Crippen LogP contribution in [0, 0.1) is 5.92 Å². The number of nitrogens with zero attached hydrogens (tertiary/aromatic N) is 1. The normalized spacial score (nSPS) is 16.0. The first kappa shape index (κ1) is 16.3. The van der Waals surface area contributed by atoms with Crippen LogP contribution in [-0.2, 0) is 6.54 Å². The fraction of sp³-hybridized carbons (Fsp3) is 0.545. The molecule has 1 heterocycles. The van der Waals surface area contributed by atoms with Gasteiger partial charge in [0.05, 0.1) is 15.2 Å². The summed E-state index contributed by atoms with van der Waals surface area (Å²) in [7, 11) is 0. The standard InChI is InChI=1S/C11H15Cl2N3S.HI/c12-9-4-8(10(13)17-9)6-16-11(14)15-5-7-2-1-3-7;/h4,7H,1-3,5-6H2,(H3,14,15,16);1H. The van der Waals surface area contributed by atoms with Crippen LogP contribution in [0.1, 0.15) is 24.8 Å². The Labute approximate surface area is 138 Å². The number of nitrogens with two attached hydrogens (primary N) is 1. The second kappa shape index (κ2) is 7.77. The summed E-state index contributed by atoms with van der Waals surface area (Å²) in [6.07, 6.45) is 3.94. The van der Waals surface area contributed by atoms with Gasteiger partial charge in [-0.3, -0.25) is 0 Å². The lowest BCUT2D eigenvalue weighted by Crippen LogP contribution is -2.37. The summed E-state index contributed by atoms with van der Waals surface area (Å²) >= 11 is 13.2. The van der Waals surface area contributed by atoms with E-state index in [4.69, 9.17) is 28.9 Å². The van der Waals surface area contributed by atoms with Gasteiger partial charge in [0.2, 0.25) is 0 Å². The van der Waals surface area contributed by atoms with E-state index < -0.39 is 0 Å². The lowest BCUT2D eigenvalue weighted by molar-refractivity contribution is 0.315. The van der Waals surface area contributed by atoms with Crippen LogP contribution in [-0.4, -0.2) is 12.5 Å². The van der Waals surface area contributed by atoms with E-state index in [9.17, 15) is 0 Å². The maximum atomic E-state index is 5.99. The first-order valence-corrected chi connectivity index (χ1v) is 7.20. The fourth-order valence-corrected chi connectivity index (χ4v) is 3.13. The number of guanidine groups is 1. The lowest BCUT2D eigenvalue weighted by Gasteiger charge is -2.25. The Balaban J connectivity index is 0.00000162. The molecule has 0 saturated heterocycles. The predicted octanol–water partition coefficient (Wildman–Crippen LogP) is 3.88. The van der Waals surface area contributed by atoms with Gasteiger partial charge in [0.25, 0.3) is 0 Å². The quantitative estimate of drug-likeness (QED) is 0.442. The number of halogens is 3. The van der Waals surface area contributed by atoms with Crippen LogP contribution >= 0.6 is 58.5 Å². The molecule has 0 aliphatic heterocycles. The average Bonchev–Trinajstić information content (AvgIpc) is 2.52. The van der Waals surface area contributed by atoms with Gasteiger partial charge < -0.3 is 11.1 Å². The number of nitrogens with one attached hydrogen (secondary N) is 1. The molecule has 0 atom stereocenters. The Bertz CT molecular complexity index is 418. The van der Waals surface area contributed by atoms with Gasteiger partial charge in [0.15, 0.2) is 5.96 Å². The van der Waals surface area contributed by atoms with Crippen LogP contribution in [0.2, 0.25) is 8.67 Å². The number of rotatable bonds is 4. The number of thiophene rings is 1. The minimum absolute atomic E-state index is 0. The predicted molar refractivity (Wildman–Crippen MR) is 90.4 cm³/mol. The third-order valence-corrected chi connectivity index (χ3v) is 4.51. The Morgan fingerprint density at radius 2 is 2.22 bits per heavy atom. The highest BCUT2D eigenvalue weighted by atomic mass is 127. The minimum Gasteiger partial charge on any atom is -0.370 e. The number of hydrogen-bond acceptors (Lipinski definition) is 2. The topological polar surface area (TPSA) is 50.4 Å². The highest BCUT2D eigenvalue weighted by Crippen LogP contribution is 2.31. The van der Waals surface area contributed by atoms with Crippen molar-refractivity contribution in [2.24, 2.45) is 16.6 Å². The molecule has 0 radical (unpaired) electrons. The molecular weight excluding hydrogens is 404 g/mol. The van der Waals surface area contributed by atoms with Crippen molar-refractivity contribution in [2.45, 2.75) is 25.8 Å². The van der Waals surface area contributed by atoms with E-state index in [1.165, 1.54) is 30.6 Å². The molecule has 0 bridgehead atoms. The van der Waals surface area contributed by atoms with Crippen molar-refractivity contribution in [3.8, 4) is 0 Å². The minimum atomic E-state index is 0. The van der Waals surface area contributed by atoms with Gasteiger partial charge in [-0.05, 0) is 24.8 Å². The fourth-order valence-electron chi connectivity index (χ4n) is 1.65. The molecule has 1 saturated carbocycles. The zero-order valence-electron chi connectivity index (χ0n) is 9.79. The summed E-state index contributed by atoms with van der Waals surface area (Å²) in [4.78, 5) is 4.25. The molecule has 1 aliphatic carbocycles. The van der Waals surface area contributed by atoms with Crippen molar-refractivity contribution in [2.75, 3.05) is 6.54 Å². The highest BCUT2D eigenvalue weighted by Gasteiger charge is 2.16. The van der Waals surface area contributed by atoms with E-state index in [2.05, 4.69) is 10.3 Å². The van der Waals surface area contributed by atoms with Gasteiger partial charge in [0.1, 0.15) is 0 Å². The second-order valence-corrected chi connectivity index (χ2v) is 6.51. The zero-order chi connectivity index (χ0) is 12.3. The molecule has 0 amide bonds. The Morgan fingerprint density at radius 1 is 1.50 bits per heavy atom. The second-order valence-electron chi connectivity index (χ2n) is 4.23. The summed E-state index contributed by atoms with van der Waals surface area (Å²) in [5, 5.41) is 3.14. The Kier molecular flexibility index (Phi) is 7.05. The average molecular weight is 420 g/mol. The van der Waals surface area contributed by atoms with Gasteiger partial charge >= 0.3 is 0 Å². The van der Waals surface area contributed by atoms with Crippen molar-refractivity contribution in [1.29, 1.82) is 0 Å². The molecule has 1 fully saturated rings. The number of aliphatic imine (C=N–C) groups is 1. The monoisotopic (exact) mass is 419 g/mol. The molecular formula is C11H16Cl2IN3S. The molecule has 7 heteroatoms.